The lowest BCUT2D eigenvalue weighted by molar-refractivity contribution is -0.155. The summed E-state index contributed by atoms with van der Waals surface area (Å²) in [5.41, 5.74) is 5.33. The van der Waals surface area contributed by atoms with E-state index in [0.717, 1.165) is 0 Å². The molecule has 11 nitrogen and oxygen atoms in total. The van der Waals surface area contributed by atoms with E-state index < -0.39 is 40.2 Å². The Kier molecular flexibility index (Phi) is 14.4. The minimum atomic E-state index is -1.05. The van der Waals surface area contributed by atoms with Gasteiger partial charge < -0.3 is 19.5 Å². The lowest BCUT2D eigenvalue weighted by atomic mass is 9.83. The Morgan fingerprint density at radius 2 is 1.03 bits per heavy atom. The van der Waals surface area contributed by atoms with Gasteiger partial charge in [-0.2, -0.15) is 0 Å². The molecule has 0 bridgehead atoms. The molecule has 0 radical (unpaired) electrons. The summed E-state index contributed by atoms with van der Waals surface area (Å²) in [7, 11) is 0. The van der Waals surface area contributed by atoms with Crippen LogP contribution in [0.4, 0.5) is 0 Å². The average Bonchev–Trinajstić information content (AvgIpc) is 2.71. The highest BCUT2D eigenvalue weighted by molar-refractivity contribution is 5.78. The second-order valence-electron chi connectivity index (χ2n) is 12.5. The first-order chi connectivity index (χ1) is 17.3. The van der Waals surface area contributed by atoms with Crippen molar-refractivity contribution in [3.63, 3.8) is 0 Å². The third-order valence-electron chi connectivity index (χ3n) is 5.06. The number of nitrogens with one attached hydrogen (secondary N) is 1. The van der Waals surface area contributed by atoms with Crippen LogP contribution in [0.2, 0.25) is 0 Å². The van der Waals surface area contributed by atoms with Gasteiger partial charge in [0.15, 0.2) is 0 Å². The topological polar surface area (TPSA) is 157 Å². The smallest absolute Gasteiger partial charge is 0.306 e. The fourth-order valence-corrected chi connectivity index (χ4v) is 3.64. The van der Waals surface area contributed by atoms with Crippen molar-refractivity contribution in [2.24, 2.45) is 5.11 Å². The van der Waals surface area contributed by atoms with E-state index >= 15 is 0 Å². The van der Waals surface area contributed by atoms with Gasteiger partial charge in [0.05, 0.1) is 0 Å². The summed E-state index contributed by atoms with van der Waals surface area (Å²) < 4.78 is 16.3. The molecule has 0 atom stereocenters. The van der Waals surface area contributed by atoms with Crippen LogP contribution < -0.4 is 5.32 Å². The molecular formula is C27H48N4O7. The number of hydrogen-bond acceptors (Lipinski definition) is 8. The van der Waals surface area contributed by atoms with Gasteiger partial charge in [-0.15, -0.1) is 0 Å². The molecule has 0 aromatic heterocycles. The van der Waals surface area contributed by atoms with E-state index in [1.54, 1.807) is 62.3 Å². The Morgan fingerprint density at radius 1 is 0.658 bits per heavy atom. The summed E-state index contributed by atoms with van der Waals surface area (Å²) in [6, 6.07) is 0. The summed E-state index contributed by atoms with van der Waals surface area (Å²) in [4.78, 5) is 53.3. The van der Waals surface area contributed by atoms with E-state index in [0.29, 0.717) is 12.8 Å². The summed E-state index contributed by atoms with van der Waals surface area (Å²) >= 11 is 0. The number of nitrogens with zero attached hydrogens (tertiary/aromatic N) is 3. The molecule has 11 heteroatoms. The number of esters is 3. The molecule has 38 heavy (non-hydrogen) atoms. The van der Waals surface area contributed by atoms with Crippen LogP contribution in [-0.2, 0) is 33.4 Å². The number of amides is 1. The van der Waals surface area contributed by atoms with Crippen LogP contribution >= 0.6 is 0 Å². The highest BCUT2D eigenvalue weighted by Gasteiger charge is 2.35. The van der Waals surface area contributed by atoms with Crippen LogP contribution in [0.1, 0.15) is 120 Å². The van der Waals surface area contributed by atoms with Crippen molar-refractivity contribution in [1.82, 2.24) is 5.32 Å². The minimum absolute atomic E-state index is 0.0168. The first-order valence-electron chi connectivity index (χ1n) is 13.2. The third-order valence-corrected chi connectivity index (χ3v) is 5.06. The summed E-state index contributed by atoms with van der Waals surface area (Å²) in [5.74, 6) is -1.62. The molecule has 0 aliphatic heterocycles. The second-order valence-corrected chi connectivity index (χ2v) is 12.5. The molecule has 0 aliphatic rings. The first kappa shape index (κ1) is 35.2. The van der Waals surface area contributed by atoms with Gasteiger partial charge in [-0.25, -0.2) is 0 Å². The van der Waals surface area contributed by atoms with E-state index in [4.69, 9.17) is 19.7 Å². The molecule has 0 spiro atoms. The Labute approximate surface area is 227 Å². The van der Waals surface area contributed by atoms with Crippen LogP contribution in [0.15, 0.2) is 5.11 Å². The highest BCUT2D eigenvalue weighted by Crippen LogP contribution is 2.29. The molecule has 0 aromatic rings. The zero-order valence-corrected chi connectivity index (χ0v) is 24.8. The molecule has 0 saturated carbocycles. The number of hydrogen-bond donors (Lipinski definition) is 1. The van der Waals surface area contributed by atoms with Crippen molar-refractivity contribution in [2.45, 2.75) is 142 Å². The van der Waals surface area contributed by atoms with Crippen molar-refractivity contribution >= 4 is 23.8 Å². The molecular weight excluding hydrogens is 492 g/mol. The number of ether oxygens (including phenoxy) is 3. The molecule has 1 amide bonds. The SMILES string of the molecule is CC(C)(C)OC(=O)CCC(CCC(=O)OC(C)(C)C)(CCC(=O)OC(C)(C)C)NC(=O)CCCCN=[N+]=[N-]. The number of carbonyl (C=O) groups is 4. The maximum absolute atomic E-state index is 12.9. The number of rotatable bonds is 15. The van der Waals surface area contributed by atoms with Gasteiger partial charge in [0, 0.05) is 42.7 Å². The number of unbranched alkanes of at least 4 members (excludes halogenated alkanes) is 1. The maximum atomic E-state index is 12.9. The summed E-state index contributed by atoms with van der Waals surface area (Å²) in [6.45, 7) is 16.2. The molecule has 0 rings (SSSR count). The average molecular weight is 541 g/mol. The quantitative estimate of drug-likeness (QED) is 0.0698. The predicted octanol–water partition coefficient (Wildman–Crippen LogP) is 5.69. The molecule has 0 fully saturated rings. The Balaban J connectivity index is 5.85. The number of azide groups is 1. The van der Waals surface area contributed by atoms with Gasteiger partial charge in [-0.05, 0) is 99.9 Å². The highest BCUT2D eigenvalue weighted by atomic mass is 16.6. The van der Waals surface area contributed by atoms with E-state index in [-0.39, 0.29) is 57.4 Å². The first-order valence-corrected chi connectivity index (χ1v) is 13.2. The zero-order valence-electron chi connectivity index (χ0n) is 24.8. The van der Waals surface area contributed by atoms with Crippen LogP contribution in [0.25, 0.3) is 10.4 Å². The Morgan fingerprint density at radius 3 is 1.34 bits per heavy atom. The normalized spacial score (nSPS) is 12.2. The van der Waals surface area contributed by atoms with Crippen LogP contribution in [-0.4, -0.2) is 52.7 Å². The predicted molar refractivity (Wildman–Crippen MR) is 144 cm³/mol. The molecule has 0 saturated heterocycles. The van der Waals surface area contributed by atoms with Crippen molar-refractivity contribution in [3.8, 4) is 0 Å². The lowest BCUT2D eigenvalue weighted by Crippen LogP contribution is -2.50. The van der Waals surface area contributed by atoms with Gasteiger partial charge in [-0.1, -0.05) is 5.11 Å². The standard InChI is InChI=1S/C27H48N4O7/c1-24(2,3)36-21(33)13-16-27(17-14-22(34)37-25(4,5)6,18-15-23(35)38-26(7,8)9)30-20(32)12-10-11-19-29-31-28/h10-19H2,1-9H3,(H,30,32). The summed E-state index contributed by atoms with van der Waals surface area (Å²) in [6.07, 6.45) is 1.64. The monoisotopic (exact) mass is 540 g/mol. The van der Waals surface area contributed by atoms with Crippen molar-refractivity contribution in [2.75, 3.05) is 6.54 Å². The van der Waals surface area contributed by atoms with Gasteiger partial charge in [0.1, 0.15) is 16.8 Å². The molecule has 0 aromatic carbocycles. The minimum Gasteiger partial charge on any atom is -0.460 e. The number of carbonyl (C=O) groups excluding carboxylic acids is 4. The maximum Gasteiger partial charge on any atom is 0.306 e. The summed E-state index contributed by atoms with van der Waals surface area (Å²) in [5, 5.41) is 6.48. The molecule has 0 heterocycles. The Bertz CT molecular complexity index is 766. The van der Waals surface area contributed by atoms with Crippen LogP contribution in [0.3, 0.4) is 0 Å². The van der Waals surface area contributed by atoms with Crippen molar-refractivity contribution < 1.29 is 33.4 Å². The van der Waals surface area contributed by atoms with E-state index in [9.17, 15) is 19.2 Å². The van der Waals surface area contributed by atoms with Crippen LogP contribution in [0, 0.1) is 0 Å². The van der Waals surface area contributed by atoms with Gasteiger partial charge in [0.25, 0.3) is 0 Å². The molecule has 218 valence electrons. The third kappa shape index (κ3) is 19.3. The van der Waals surface area contributed by atoms with Gasteiger partial charge in [-0.3, -0.25) is 19.2 Å². The van der Waals surface area contributed by atoms with E-state index in [1.165, 1.54) is 0 Å². The van der Waals surface area contributed by atoms with Crippen LogP contribution in [0.5, 0.6) is 0 Å². The van der Waals surface area contributed by atoms with Crippen molar-refractivity contribution in [1.29, 1.82) is 0 Å². The second kappa shape index (κ2) is 15.6. The van der Waals surface area contributed by atoms with Gasteiger partial charge in [0.2, 0.25) is 5.91 Å². The largest absolute Gasteiger partial charge is 0.460 e. The van der Waals surface area contributed by atoms with E-state index in [2.05, 4.69) is 15.3 Å². The Hall–Kier alpha value is -2.81. The fourth-order valence-electron chi connectivity index (χ4n) is 3.64. The zero-order chi connectivity index (χ0) is 29.6. The van der Waals surface area contributed by atoms with E-state index in [1.807, 2.05) is 0 Å². The van der Waals surface area contributed by atoms with Gasteiger partial charge >= 0.3 is 17.9 Å². The molecule has 0 aliphatic carbocycles. The molecule has 0 unspecified atom stereocenters. The van der Waals surface area contributed by atoms with Crippen molar-refractivity contribution in [3.05, 3.63) is 10.4 Å². The lowest BCUT2D eigenvalue weighted by Gasteiger charge is -2.36. The molecule has 1 N–H and O–H groups in total. The fraction of sp³-hybridized carbons (Fsp3) is 0.852.